The van der Waals surface area contributed by atoms with Gasteiger partial charge in [0.05, 0.1) is 13.8 Å². The maximum Gasteiger partial charge on any atom is 0.255 e. The Bertz CT molecular complexity index is 1000. The monoisotopic (exact) mass is 403 g/mol. The molecule has 1 saturated heterocycles. The molecular weight excluding hydrogens is 378 g/mol. The van der Waals surface area contributed by atoms with Crippen LogP contribution >= 0.6 is 0 Å². The molecule has 0 atom stereocenters. The molecule has 0 saturated carbocycles. The van der Waals surface area contributed by atoms with Gasteiger partial charge in [0.2, 0.25) is 5.95 Å². The van der Waals surface area contributed by atoms with Gasteiger partial charge in [-0.1, -0.05) is 17.7 Å². The van der Waals surface area contributed by atoms with E-state index in [1.807, 2.05) is 28.0 Å². The molecule has 2 heterocycles. The third-order valence-corrected chi connectivity index (χ3v) is 5.07. The minimum atomic E-state index is -0.00344. The number of rotatable bonds is 5. The molecule has 0 bridgehead atoms. The molecule has 1 fully saturated rings. The molecule has 1 aliphatic heterocycles. The van der Waals surface area contributed by atoms with Crippen molar-refractivity contribution in [2.24, 2.45) is 0 Å². The highest BCUT2D eigenvalue weighted by atomic mass is 16.5. The van der Waals surface area contributed by atoms with E-state index in [0.29, 0.717) is 24.7 Å². The van der Waals surface area contributed by atoms with Crippen LogP contribution in [0, 0.1) is 6.92 Å². The Labute approximate surface area is 176 Å². The number of benzene rings is 2. The zero-order valence-corrected chi connectivity index (χ0v) is 17.2. The average molecular weight is 403 g/mol. The van der Waals surface area contributed by atoms with Gasteiger partial charge in [-0.2, -0.15) is 4.98 Å². The second-order valence-corrected chi connectivity index (χ2v) is 7.29. The minimum absolute atomic E-state index is 0.00344. The zero-order valence-electron chi connectivity index (χ0n) is 17.2. The summed E-state index contributed by atoms with van der Waals surface area (Å²) in [5, 5.41) is 3.31. The molecule has 1 aromatic heterocycles. The number of ether oxygens (including phenoxy) is 1. The molecule has 7 nitrogen and oxygen atoms in total. The zero-order chi connectivity index (χ0) is 20.9. The summed E-state index contributed by atoms with van der Waals surface area (Å²) in [5.74, 6) is 2.07. The van der Waals surface area contributed by atoms with Crippen LogP contribution in [0.15, 0.2) is 60.8 Å². The van der Waals surface area contributed by atoms with Crippen molar-refractivity contribution in [3.05, 3.63) is 71.9 Å². The lowest BCUT2D eigenvalue weighted by atomic mass is 10.1. The first kappa shape index (κ1) is 19.7. The predicted octanol–water partition coefficient (Wildman–Crippen LogP) is 3.85. The van der Waals surface area contributed by atoms with Crippen LogP contribution in [-0.2, 0) is 0 Å². The Morgan fingerprint density at radius 3 is 2.53 bits per heavy atom. The molecule has 7 heteroatoms. The number of aryl methyl sites for hydroxylation is 1. The maximum absolute atomic E-state index is 12.9. The largest absolute Gasteiger partial charge is 0.497 e. The molecule has 1 N–H and O–H groups in total. The van der Waals surface area contributed by atoms with Gasteiger partial charge in [0.1, 0.15) is 11.6 Å². The van der Waals surface area contributed by atoms with Crippen molar-refractivity contribution in [3.63, 3.8) is 0 Å². The van der Waals surface area contributed by atoms with Gasteiger partial charge in [-0.05, 0) is 55.8 Å². The standard InChI is InChI=1S/C23H25N5O2/c1-17-4-8-19(9-5-17)25-21-12-13-24-23(26-21)28-15-3-14-27(16-28)22(29)18-6-10-20(30-2)11-7-18/h4-13H,3,14-16H2,1-2H3,(H,24,25,26). The van der Waals surface area contributed by atoms with Gasteiger partial charge in [0.25, 0.3) is 5.91 Å². The van der Waals surface area contributed by atoms with Gasteiger partial charge in [0, 0.05) is 30.5 Å². The maximum atomic E-state index is 12.9. The van der Waals surface area contributed by atoms with Crippen molar-refractivity contribution < 1.29 is 9.53 Å². The lowest BCUT2D eigenvalue weighted by Gasteiger charge is -2.35. The molecule has 30 heavy (non-hydrogen) atoms. The van der Waals surface area contributed by atoms with Crippen LogP contribution in [0.5, 0.6) is 5.75 Å². The summed E-state index contributed by atoms with van der Waals surface area (Å²) in [6.45, 7) is 4.03. The first-order valence-corrected chi connectivity index (χ1v) is 9.97. The van der Waals surface area contributed by atoms with E-state index in [2.05, 4.69) is 34.3 Å². The highest BCUT2D eigenvalue weighted by Gasteiger charge is 2.24. The van der Waals surface area contributed by atoms with Gasteiger partial charge < -0.3 is 19.9 Å². The van der Waals surface area contributed by atoms with E-state index in [0.717, 1.165) is 30.2 Å². The van der Waals surface area contributed by atoms with E-state index in [4.69, 9.17) is 4.74 Å². The van der Waals surface area contributed by atoms with E-state index in [-0.39, 0.29) is 5.91 Å². The van der Waals surface area contributed by atoms with Gasteiger partial charge in [-0.15, -0.1) is 0 Å². The van der Waals surface area contributed by atoms with Crippen molar-refractivity contribution in [3.8, 4) is 5.75 Å². The molecule has 4 rings (SSSR count). The number of aromatic nitrogens is 2. The third-order valence-electron chi connectivity index (χ3n) is 5.07. The van der Waals surface area contributed by atoms with Crippen molar-refractivity contribution in [1.29, 1.82) is 0 Å². The van der Waals surface area contributed by atoms with Gasteiger partial charge >= 0.3 is 0 Å². The van der Waals surface area contributed by atoms with Crippen LogP contribution in [0.4, 0.5) is 17.5 Å². The molecule has 3 aromatic rings. The Morgan fingerprint density at radius 1 is 1.03 bits per heavy atom. The number of amides is 1. The van der Waals surface area contributed by atoms with Crippen LogP contribution in [0.25, 0.3) is 0 Å². The van der Waals surface area contributed by atoms with Crippen molar-refractivity contribution in [2.45, 2.75) is 13.3 Å². The number of carbonyl (C=O) groups is 1. The Kier molecular flexibility index (Phi) is 5.79. The molecule has 2 aromatic carbocycles. The van der Waals surface area contributed by atoms with Crippen LogP contribution in [0.1, 0.15) is 22.3 Å². The lowest BCUT2D eigenvalue weighted by molar-refractivity contribution is 0.0732. The van der Waals surface area contributed by atoms with Gasteiger partial charge in [-0.25, -0.2) is 4.98 Å². The quantitative estimate of drug-likeness (QED) is 0.698. The summed E-state index contributed by atoms with van der Waals surface area (Å²) in [4.78, 5) is 25.9. The molecule has 1 amide bonds. The van der Waals surface area contributed by atoms with Gasteiger partial charge in [-0.3, -0.25) is 4.79 Å². The normalized spacial score (nSPS) is 13.8. The van der Waals surface area contributed by atoms with Crippen molar-refractivity contribution in [2.75, 3.05) is 37.1 Å². The number of methoxy groups -OCH3 is 1. The van der Waals surface area contributed by atoms with E-state index < -0.39 is 0 Å². The van der Waals surface area contributed by atoms with Crippen molar-refractivity contribution in [1.82, 2.24) is 14.9 Å². The summed E-state index contributed by atoms with van der Waals surface area (Å²) in [7, 11) is 1.61. The van der Waals surface area contributed by atoms with Crippen molar-refractivity contribution >= 4 is 23.4 Å². The number of anilines is 3. The molecule has 1 aliphatic rings. The predicted molar refractivity (Wildman–Crippen MR) is 117 cm³/mol. The van der Waals surface area contributed by atoms with Crippen LogP contribution in [0.3, 0.4) is 0 Å². The smallest absolute Gasteiger partial charge is 0.255 e. The van der Waals surface area contributed by atoms with Crippen LogP contribution in [-0.4, -0.2) is 47.6 Å². The number of nitrogens with zero attached hydrogens (tertiary/aromatic N) is 4. The van der Waals surface area contributed by atoms with E-state index in [1.165, 1.54) is 5.56 Å². The van der Waals surface area contributed by atoms with Crippen LogP contribution < -0.4 is 15.0 Å². The summed E-state index contributed by atoms with van der Waals surface area (Å²) >= 11 is 0. The summed E-state index contributed by atoms with van der Waals surface area (Å²) in [6.07, 6.45) is 2.60. The number of hydrogen-bond acceptors (Lipinski definition) is 6. The van der Waals surface area contributed by atoms with E-state index in [1.54, 1.807) is 37.6 Å². The first-order chi connectivity index (χ1) is 14.6. The van der Waals surface area contributed by atoms with E-state index >= 15 is 0 Å². The Hall–Kier alpha value is -3.61. The summed E-state index contributed by atoms with van der Waals surface area (Å²) in [5.41, 5.74) is 2.83. The fourth-order valence-electron chi connectivity index (χ4n) is 3.40. The van der Waals surface area contributed by atoms with E-state index in [9.17, 15) is 4.79 Å². The van der Waals surface area contributed by atoms with Gasteiger partial charge in [0.15, 0.2) is 0 Å². The summed E-state index contributed by atoms with van der Waals surface area (Å²) in [6, 6.07) is 17.2. The fourth-order valence-corrected chi connectivity index (χ4v) is 3.40. The second-order valence-electron chi connectivity index (χ2n) is 7.29. The Morgan fingerprint density at radius 2 is 1.80 bits per heavy atom. The number of hydrogen-bond donors (Lipinski definition) is 1. The molecule has 0 aliphatic carbocycles. The Balaban J connectivity index is 1.46. The number of nitrogens with one attached hydrogen (secondary N) is 1. The highest BCUT2D eigenvalue weighted by molar-refractivity contribution is 5.94. The molecule has 0 unspecified atom stereocenters. The lowest BCUT2D eigenvalue weighted by Crippen LogP contribution is -2.48. The fraction of sp³-hybridized carbons (Fsp3) is 0.261. The topological polar surface area (TPSA) is 70.6 Å². The first-order valence-electron chi connectivity index (χ1n) is 9.97. The third kappa shape index (κ3) is 4.51. The number of carbonyl (C=O) groups excluding carboxylic acids is 1. The minimum Gasteiger partial charge on any atom is -0.497 e. The van der Waals surface area contributed by atoms with Crippen LogP contribution in [0.2, 0.25) is 0 Å². The molecule has 154 valence electrons. The molecule has 0 radical (unpaired) electrons. The highest BCUT2D eigenvalue weighted by Crippen LogP contribution is 2.20. The second kappa shape index (κ2) is 8.82. The SMILES string of the molecule is COc1ccc(C(=O)N2CCCN(c3nccc(Nc4ccc(C)cc4)n3)C2)cc1. The molecular formula is C23H25N5O2. The average Bonchev–Trinajstić information content (AvgIpc) is 2.80. The molecule has 0 spiro atoms. The summed E-state index contributed by atoms with van der Waals surface area (Å²) < 4.78 is 5.17.